The number of nitrogens with one attached hydrogen (secondary N) is 1. The Bertz CT molecular complexity index is 925. The largest absolute Gasteiger partial charge is 0.424 e. The van der Waals surface area contributed by atoms with Crippen molar-refractivity contribution in [2.45, 2.75) is 39.8 Å². The van der Waals surface area contributed by atoms with Gasteiger partial charge < -0.3 is 14.3 Å². The highest BCUT2D eigenvalue weighted by molar-refractivity contribution is 6.07. The van der Waals surface area contributed by atoms with Crippen molar-refractivity contribution in [3.8, 4) is 0 Å². The second kappa shape index (κ2) is 6.88. The topological polar surface area (TPSA) is 90.0 Å². The molecule has 1 atom stereocenters. The Morgan fingerprint density at radius 3 is 2.68 bits per heavy atom. The molecule has 0 aliphatic carbocycles. The highest BCUT2D eigenvalue weighted by Gasteiger charge is 2.22. The van der Waals surface area contributed by atoms with Gasteiger partial charge in [0.15, 0.2) is 5.78 Å². The molecule has 1 amide bonds. The van der Waals surface area contributed by atoms with E-state index in [0.29, 0.717) is 23.8 Å². The molecule has 2 heterocycles. The van der Waals surface area contributed by atoms with Gasteiger partial charge in [-0.2, -0.15) is 0 Å². The quantitative estimate of drug-likeness (QED) is 0.697. The Balaban J connectivity index is 1.88. The summed E-state index contributed by atoms with van der Waals surface area (Å²) in [5.74, 6) is 0.641. The van der Waals surface area contributed by atoms with Crippen molar-refractivity contribution >= 4 is 22.6 Å². The Morgan fingerprint density at radius 2 is 2.04 bits per heavy atom. The number of amides is 1. The van der Waals surface area contributed by atoms with Crippen LogP contribution < -0.4 is 5.32 Å². The molecule has 0 aliphatic heterocycles. The minimum Gasteiger partial charge on any atom is -0.424 e. The summed E-state index contributed by atoms with van der Waals surface area (Å²) in [5, 5.41) is 11.3. The van der Waals surface area contributed by atoms with Crippen LogP contribution in [0.4, 0.5) is 0 Å². The van der Waals surface area contributed by atoms with Crippen molar-refractivity contribution in [1.82, 2.24) is 20.1 Å². The molecule has 0 unspecified atom stereocenters. The van der Waals surface area contributed by atoms with E-state index in [1.165, 1.54) is 6.92 Å². The molecule has 0 spiro atoms. The number of aromatic nitrogens is 3. The Kier molecular flexibility index (Phi) is 4.65. The summed E-state index contributed by atoms with van der Waals surface area (Å²) in [6.07, 6.45) is 2.35. The van der Waals surface area contributed by atoms with Crippen molar-refractivity contribution in [2.75, 3.05) is 0 Å². The van der Waals surface area contributed by atoms with Crippen LogP contribution in [0.1, 0.15) is 48.4 Å². The lowest BCUT2D eigenvalue weighted by atomic mass is 10.1. The monoisotopic (exact) mass is 340 g/mol. The first-order chi connectivity index (χ1) is 12.0. The third-order valence-electron chi connectivity index (χ3n) is 4.13. The summed E-state index contributed by atoms with van der Waals surface area (Å²) in [6, 6.07) is 7.17. The Morgan fingerprint density at radius 1 is 1.28 bits per heavy atom. The summed E-state index contributed by atoms with van der Waals surface area (Å²) in [7, 11) is 0. The lowest BCUT2D eigenvalue weighted by Crippen LogP contribution is -2.31. The molecule has 0 radical (unpaired) electrons. The van der Waals surface area contributed by atoms with Crippen LogP contribution in [0.3, 0.4) is 0 Å². The number of carbonyl (C=O) groups is 2. The van der Waals surface area contributed by atoms with Gasteiger partial charge in [0.25, 0.3) is 0 Å². The Labute approximate surface area is 145 Å². The van der Waals surface area contributed by atoms with Gasteiger partial charge in [0.05, 0.1) is 6.54 Å². The average Bonchev–Trinajstić information content (AvgIpc) is 3.18. The summed E-state index contributed by atoms with van der Waals surface area (Å²) in [5.41, 5.74) is 1.48. The van der Waals surface area contributed by atoms with E-state index in [1.807, 2.05) is 35.8 Å². The SMILES string of the molecule is CC[C@@H](C(=O)NCc1nnc(C)o1)n1cc(C(C)=O)c2ccccc21. The third kappa shape index (κ3) is 3.31. The first kappa shape index (κ1) is 16.9. The predicted octanol–water partition coefficient (Wildman–Crippen LogP) is 2.80. The van der Waals surface area contributed by atoms with Crippen LogP contribution in [0.5, 0.6) is 0 Å². The van der Waals surface area contributed by atoms with Crippen LogP contribution in [0, 0.1) is 6.92 Å². The number of benzene rings is 1. The van der Waals surface area contributed by atoms with Crippen LogP contribution in [0.2, 0.25) is 0 Å². The minimum absolute atomic E-state index is 0.0217. The lowest BCUT2D eigenvalue weighted by molar-refractivity contribution is -0.124. The van der Waals surface area contributed by atoms with Gasteiger partial charge in [-0.05, 0) is 19.4 Å². The van der Waals surface area contributed by atoms with Crippen molar-refractivity contribution in [3.05, 3.63) is 47.8 Å². The van der Waals surface area contributed by atoms with Crippen LogP contribution in [0.15, 0.2) is 34.9 Å². The maximum atomic E-state index is 12.7. The number of hydrogen-bond acceptors (Lipinski definition) is 5. The van der Waals surface area contributed by atoms with Crippen molar-refractivity contribution in [2.24, 2.45) is 0 Å². The van der Waals surface area contributed by atoms with Gasteiger partial charge in [0.1, 0.15) is 6.04 Å². The maximum Gasteiger partial charge on any atom is 0.243 e. The van der Waals surface area contributed by atoms with Crippen LogP contribution in [-0.2, 0) is 11.3 Å². The van der Waals surface area contributed by atoms with E-state index in [4.69, 9.17) is 4.42 Å². The number of para-hydroxylation sites is 1. The molecule has 0 saturated carbocycles. The zero-order chi connectivity index (χ0) is 18.0. The molecule has 0 aliphatic rings. The molecule has 0 saturated heterocycles. The zero-order valence-corrected chi connectivity index (χ0v) is 14.4. The van der Waals surface area contributed by atoms with E-state index in [1.54, 1.807) is 13.1 Å². The number of nitrogens with zero attached hydrogens (tertiary/aromatic N) is 3. The van der Waals surface area contributed by atoms with Crippen LogP contribution in [-0.4, -0.2) is 26.5 Å². The maximum absolute atomic E-state index is 12.7. The molecule has 3 aromatic rings. The second-order valence-electron chi connectivity index (χ2n) is 5.88. The van der Waals surface area contributed by atoms with E-state index in [-0.39, 0.29) is 18.2 Å². The molecule has 7 heteroatoms. The van der Waals surface area contributed by atoms with E-state index in [9.17, 15) is 9.59 Å². The van der Waals surface area contributed by atoms with Crippen LogP contribution >= 0.6 is 0 Å². The first-order valence-corrected chi connectivity index (χ1v) is 8.18. The van der Waals surface area contributed by atoms with Crippen molar-refractivity contribution in [3.63, 3.8) is 0 Å². The standard InChI is InChI=1S/C18H20N4O3/c1-4-15(18(24)19-9-17-21-20-12(3)25-17)22-10-14(11(2)23)13-7-5-6-8-16(13)22/h5-8,10,15H,4,9H2,1-3H3,(H,19,24)/t15-/m0/s1. The first-order valence-electron chi connectivity index (χ1n) is 8.18. The fourth-order valence-corrected chi connectivity index (χ4v) is 2.94. The number of fused-ring (bicyclic) bond motifs is 1. The molecule has 7 nitrogen and oxygen atoms in total. The Hall–Kier alpha value is -2.96. The van der Waals surface area contributed by atoms with Crippen LogP contribution in [0.25, 0.3) is 10.9 Å². The fraction of sp³-hybridized carbons (Fsp3) is 0.333. The minimum atomic E-state index is -0.429. The average molecular weight is 340 g/mol. The highest BCUT2D eigenvalue weighted by atomic mass is 16.4. The molecule has 3 rings (SSSR count). The smallest absolute Gasteiger partial charge is 0.243 e. The van der Waals surface area contributed by atoms with Gasteiger partial charge in [0, 0.05) is 29.6 Å². The molecule has 130 valence electrons. The van der Waals surface area contributed by atoms with E-state index >= 15 is 0 Å². The number of Topliss-reactive ketones (excluding diaryl/α,β-unsaturated/α-hetero) is 1. The second-order valence-corrected chi connectivity index (χ2v) is 5.88. The normalized spacial score (nSPS) is 12.3. The predicted molar refractivity (Wildman–Crippen MR) is 92.2 cm³/mol. The van der Waals surface area contributed by atoms with E-state index < -0.39 is 6.04 Å². The fourth-order valence-electron chi connectivity index (χ4n) is 2.94. The summed E-state index contributed by atoms with van der Waals surface area (Å²) in [6.45, 7) is 5.34. The molecule has 0 bridgehead atoms. The van der Waals surface area contributed by atoms with Gasteiger partial charge in [-0.25, -0.2) is 0 Å². The molecular weight excluding hydrogens is 320 g/mol. The third-order valence-corrected chi connectivity index (χ3v) is 4.13. The van der Waals surface area contributed by atoms with Crippen molar-refractivity contribution < 1.29 is 14.0 Å². The lowest BCUT2D eigenvalue weighted by Gasteiger charge is -2.17. The summed E-state index contributed by atoms with van der Waals surface area (Å²) < 4.78 is 7.13. The molecule has 0 fully saturated rings. The molecular formula is C18H20N4O3. The van der Waals surface area contributed by atoms with Gasteiger partial charge in [-0.3, -0.25) is 9.59 Å². The molecule has 2 aromatic heterocycles. The van der Waals surface area contributed by atoms with Gasteiger partial charge in [0.2, 0.25) is 17.7 Å². The number of aryl methyl sites for hydroxylation is 1. The summed E-state index contributed by atoms with van der Waals surface area (Å²) >= 11 is 0. The van der Waals surface area contributed by atoms with Crippen molar-refractivity contribution in [1.29, 1.82) is 0 Å². The molecule has 1 aromatic carbocycles. The number of rotatable bonds is 6. The zero-order valence-electron chi connectivity index (χ0n) is 14.4. The highest BCUT2D eigenvalue weighted by Crippen LogP contribution is 2.26. The summed E-state index contributed by atoms with van der Waals surface area (Å²) in [4.78, 5) is 24.6. The van der Waals surface area contributed by atoms with Gasteiger partial charge in [-0.1, -0.05) is 25.1 Å². The number of carbonyl (C=O) groups excluding carboxylic acids is 2. The van der Waals surface area contributed by atoms with Gasteiger partial charge in [-0.15, -0.1) is 10.2 Å². The van der Waals surface area contributed by atoms with Gasteiger partial charge >= 0.3 is 0 Å². The molecule has 1 N–H and O–H groups in total. The van der Waals surface area contributed by atoms with E-state index in [2.05, 4.69) is 15.5 Å². The number of hydrogen-bond donors (Lipinski definition) is 1. The van der Waals surface area contributed by atoms with E-state index in [0.717, 1.165) is 10.9 Å². The number of ketones is 1. The molecule has 25 heavy (non-hydrogen) atoms.